The molecule has 290 valence electrons. The largest absolute Gasteiger partial charge is 0.340 e. The first-order valence-electron chi connectivity index (χ1n) is 21.0. The van der Waals surface area contributed by atoms with E-state index in [2.05, 4.69) is 78.1 Å². The van der Waals surface area contributed by atoms with Gasteiger partial charge in [0.2, 0.25) is 11.8 Å². The van der Waals surface area contributed by atoms with Crippen molar-refractivity contribution in [2.75, 3.05) is 39.3 Å². The van der Waals surface area contributed by atoms with Crippen molar-refractivity contribution in [3.8, 4) is 22.5 Å². The van der Waals surface area contributed by atoms with E-state index in [-0.39, 0.29) is 36.0 Å². The van der Waals surface area contributed by atoms with Gasteiger partial charge in [-0.2, -0.15) is 0 Å². The second kappa shape index (κ2) is 16.6. The number of aromatic nitrogens is 4. The molecular formula is C46H54N8O2. The van der Waals surface area contributed by atoms with Crippen molar-refractivity contribution in [1.82, 2.24) is 39.5 Å². The smallest absolute Gasteiger partial charge is 0.245 e. The maximum atomic E-state index is 14.4. The third-order valence-corrected chi connectivity index (χ3v) is 12.6. The van der Waals surface area contributed by atoms with E-state index in [9.17, 15) is 9.59 Å². The molecule has 4 saturated heterocycles. The number of imidazole rings is 2. The summed E-state index contributed by atoms with van der Waals surface area (Å²) < 4.78 is 0. The Morgan fingerprint density at radius 1 is 0.500 bits per heavy atom. The number of aromatic amines is 2. The van der Waals surface area contributed by atoms with Gasteiger partial charge < -0.3 is 19.8 Å². The third-order valence-electron chi connectivity index (χ3n) is 12.6. The summed E-state index contributed by atoms with van der Waals surface area (Å²) in [7, 11) is 0. The van der Waals surface area contributed by atoms with Crippen LogP contribution < -0.4 is 0 Å². The van der Waals surface area contributed by atoms with Crippen LogP contribution >= 0.6 is 0 Å². The van der Waals surface area contributed by atoms with Crippen LogP contribution in [0.15, 0.2) is 97.3 Å². The maximum absolute atomic E-state index is 14.4. The number of benzene rings is 3. The van der Waals surface area contributed by atoms with Gasteiger partial charge in [-0.25, -0.2) is 9.97 Å². The lowest BCUT2D eigenvalue weighted by Gasteiger charge is -2.37. The Morgan fingerprint density at radius 3 is 1.29 bits per heavy atom. The number of rotatable bonds is 10. The second-order valence-corrected chi connectivity index (χ2v) is 16.1. The zero-order valence-electron chi connectivity index (χ0n) is 32.4. The van der Waals surface area contributed by atoms with E-state index in [1.807, 2.05) is 48.8 Å². The summed E-state index contributed by atoms with van der Waals surface area (Å²) in [5, 5.41) is 0. The highest BCUT2D eigenvalue weighted by Gasteiger charge is 2.40. The molecule has 2 N–H and O–H groups in total. The van der Waals surface area contributed by atoms with Crippen molar-refractivity contribution >= 4 is 11.8 Å². The third kappa shape index (κ3) is 7.44. The molecule has 4 aliphatic rings. The van der Waals surface area contributed by atoms with Gasteiger partial charge in [0.05, 0.1) is 35.9 Å². The molecule has 10 nitrogen and oxygen atoms in total. The minimum Gasteiger partial charge on any atom is -0.340 e. The lowest BCUT2D eigenvalue weighted by Crippen LogP contribution is -2.44. The Labute approximate surface area is 330 Å². The first-order chi connectivity index (χ1) is 27.6. The van der Waals surface area contributed by atoms with E-state index in [1.165, 1.54) is 12.8 Å². The topological polar surface area (TPSA) is 104 Å². The van der Waals surface area contributed by atoms with E-state index in [0.717, 1.165) is 136 Å². The Hall–Kier alpha value is -5.06. The van der Waals surface area contributed by atoms with Crippen LogP contribution in [0.2, 0.25) is 0 Å². The standard InChI is InChI=1S/C46H54N8O2/c55-45(41(35-15-5-1-6-16-35)51-25-9-3-10-26-51)53-29-13-19-39(53)43-47-31-37(49-43)33-21-23-34(24-22-33)38-32-48-44(50-38)40-20-14-30-54(40)46(56)42(36-17-7-2-8-18-36)52-27-11-4-12-28-52/h1-2,5-8,15-18,21-24,31-32,39-42H,3-4,9-14,19-20,25-30H2,(H,47,49)(H,48,50)/t39-,40-,41+,42+/m0/s1. The normalized spacial score (nSPS) is 22.0. The average molecular weight is 751 g/mol. The van der Waals surface area contributed by atoms with Crippen LogP contribution in [0.5, 0.6) is 0 Å². The summed E-state index contributed by atoms with van der Waals surface area (Å²) in [6, 6.07) is 28.4. The van der Waals surface area contributed by atoms with Crippen LogP contribution in [0, 0.1) is 0 Å². The molecule has 0 radical (unpaired) electrons. The molecule has 4 fully saturated rings. The van der Waals surface area contributed by atoms with Crippen LogP contribution in [0.3, 0.4) is 0 Å². The van der Waals surface area contributed by atoms with Gasteiger partial charge in [0.15, 0.2) is 0 Å². The minimum absolute atomic E-state index is 0.0696. The fourth-order valence-corrected chi connectivity index (χ4v) is 9.72. The van der Waals surface area contributed by atoms with Gasteiger partial charge in [-0.3, -0.25) is 19.4 Å². The fourth-order valence-electron chi connectivity index (χ4n) is 9.72. The van der Waals surface area contributed by atoms with Gasteiger partial charge in [0, 0.05) is 13.1 Å². The molecular weight excluding hydrogens is 697 g/mol. The number of nitrogens with one attached hydrogen (secondary N) is 2. The molecule has 56 heavy (non-hydrogen) atoms. The van der Waals surface area contributed by atoms with Crippen molar-refractivity contribution < 1.29 is 9.59 Å². The lowest BCUT2D eigenvalue weighted by atomic mass is 10.00. The van der Waals surface area contributed by atoms with Crippen molar-refractivity contribution in [3.05, 3.63) is 120 Å². The van der Waals surface area contributed by atoms with Crippen LogP contribution in [0.1, 0.15) is 111 Å². The molecule has 0 unspecified atom stereocenters. The quantitative estimate of drug-likeness (QED) is 0.149. The Bertz CT molecular complexity index is 1920. The second-order valence-electron chi connectivity index (χ2n) is 16.1. The number of carbonyl (C=O) groups is 2. The Morgan fingerprint density at radius 2 is 0.893 bits per heavy atom. The van der Waals surface area contributed by atoms with Gasteiger partial charge in [-0.05, 0) is 99.8 Å². The summed E-state index contributed by atoms with van der Waals surface area (Å²) in [6.07, 6.45) is 14.5. The van der Waals surface area contributed by atoms with E-state index < -0.39 is 0 Å². The highest BCUT2D eigenvalue weighted by molar-refractivity contribution is 5.85. The van der Waals surface area contributed by atoms with Gasteiger partial charge in [0.25, 0.3) is 0 Å². The van der Waals surface area contributed by atoms with E-state index in [0.29, 0.717) is 0 Å². The predicted molar refractivity (Wildman–Crippen MR) is 218 cm³/mol. The number of carbonyl (C=O) groups excluding carboxylic acids is 2. The Kier molecular flexibility index (Phi) is 10.8. The number of amides is 2. The SMILES string of the molecule is O=C([C@@H](c1ccccc1)N1CCCCC1)N1CCC[C@H]1c1ncc(-c2ccc(-c3cnc([C@@H]4CCCN4C(=O)[C@@H](c4ccccc4)N4CCCCC4)[nH]3)cc2)[nH]1. The van der Waals surface area contributed by atoms with Gasteiger partial charge in [-0.1, -0.05) is 97.8 Å². The van der Waals surface area contributed by atoms with Crippen molar-refractivity contribution in [2.24, 2.45) is 0 Å². The summed E-state index contributed by atoms with van der Waals surface area (Å²) in [5.41, 5.74) is 6.11. The molecule has 0 saturated carbocycles. The van der Waals surface area contributed by atoms with Crippen molar-refractivity contribution in [3.63, 3.8) is 0 Å². The van der Waals surface area contributed by atoms with Crippen LogP contribution in [0.4, 0.5) is 0 Å². The molecule has 6 heterocycles. The molecule has 0 bridgehead atoms. The molecule has 2 aromatic heterocycles. The van der Waals surface area contributed by atoms with Crippen LogP contribution in [-0.4, -0.2) is 90.6 Å². The predicted octanol–water partition coefficient (Wildman–Crippen LogP) is 8.25. The van der Waals surface area contributed by atoms with E-state index in [1.54, 1.807) is 0 Å². The maximum Gasteiger partial charge on any atom is 0.245 e. The van der Waals surface area contributed by atoms with E-state index in [4.69, 9.17) is 9.97 Å². The first kappa shape index (κ1) is 36.6. The number of piperidine rings is 2. The summed E-state index contributed by atoms with van der Waals surface area (Å²) >= 11 is 0. The molecule has 10 heteroatoms. The molecule has 4 atom stereocenters. The molecule has 2 amide bonds. The Balaban J connectivity index is 0.891. The molecule has 5 aromatic rings. The number of likely N-dealkylation sites (tertiary alicyclic amines) is 4. The van der Waals surface area contributed by atoms with Gasteiger partial charge in [0.1, 0.15) is 23.7 Å². The molecule has 9 rings (SSSR count). The van der Waals surface area contributed by atoms with Gasteiger partial charge in [-0.15, -0.1) is 0 Å². The van der Waals surface area contributed by atoms with Crippen molar-refractivity contribution in [2.45, 2.75) is 88.4 Å². The van der Waals surface area contributed by atoms with E-state index >= 15 is 0 Å². The van der Waals surface area contributed by atoms with Gasteiger partial charge >= 0.3 is 0 Å². The number of H-pyrrole nitrogens is 2. The molecule has 0 spiro atoms. The monoisotopic (exact) mass is 750 g/mol. The fraction of sp³-hybridized carbons (Fsp3) is 0.435. The first-order valence-corrected chi connectivity index (χ1v) is 21.0. The van der Waals surface area contributed by atoms with Crippen LogP contribution in [0.25, 0.3) is 22.5 Å². The van der Waals surface area contributed by atoms with Crippen LogP contribution in [-0.2, 0) is 9.59 Å². The van der Waals surface area contributed by atoms with Crippen molar-refractivity contribution in [1.29, 1.82) is 0 Å². The summed E-state index contributed by atoms with van der Waals surface area (Å²) in [5.74, 6) is 2.07. The average Bonchev–Trinajstić information content (AvgIpc) is 4.10. The number of nitrogens with zero attached hydrogens (tertiary/aromatic N) is 6. The highest BCUT2D eigenvalue weighted by atomic mass is 16.2. The lowest BCUT2D eigenvalue weighted by molar-refractivity contribution is -0.139. The molecule has 4 aliphatic heterocycles. The zero-order chi connectivity index (χ0) is 37.8. The summed E-state index contributed by atoms with van der Waals surface area (Å²) in [6.45, 7) is 5.32. The molecule has 0 aliphatic carbocycles. The minimum atomic E-state index is -0.259. The highest BCUT2D eigenvalue weighted by Crippen LogP contribution is 2.38. The number of hydrogen-bond acceptors (Lipinski definition) is 6. The summed E-state index contributed by atoms with van der Waals surface area (Å²) in [4.78, 5) is 54.6. The zero-order valence-corrected chi connectivity index (χ0v) is 32.4. The number of hydrogen-bond donors (Lipinski definition) is 2. The molecule has 3 aromatic carbocycles.